The molecule has 0 spiro atoms. The Morgan fingerprint density at radius 1 is 1.25 bits per heavy atom. The molecule has 0 saturated heterocycles. The van der Waals surface area contributed by atoms with E-state index in [4.69, 9.17) is 23.2 Å². The van der Waals surface area contributed by atoms with Crippen molar-refractivity contribution in [3.8, 4) is 5.82 Å². The Morgan fingerprint density at radius 2 is 2.12 bits per heavy atom. The van der Waals surface area contributed by atoms with Crippen molar-refractivity contribution in [1.82, 2.24) is 19.7 Å². The van der Waals surface area contributed by atoms with Gasteiger partial charge in [0.2, 0.25) is 5.91 Å². The predicted molar refractivity (Wildman–Crippen MR) is 93.3 cm³/mol. The average Bonchev–Trinajstić information content (AvgIpc) is 3.10. The monoisotopic (exact) mass is 359 g/mol. The highest BCUT2D eigenvalue weighted by Gasteiger charge is 2.08. The Labute approximate surface area is 147 Å². The van der Waals surface area contributed by atoms with Crippen molar-refractivity contribution in [2.24, 2.45) is 0 Å². The number of halogens is 2. The van der Waals surface area contributed by atoms with Gasteiger partial charge in [0.05, 0.1) is 5.69 Å². The van der Waals surface area contributed by atoms with Crippen LogP contribution in [0.25, 0.3) is 11.9 Å². The lowest BCUT2D eigenvalue weighted by Crippen LogP contribution is -2.12. The number of carbonyl (C=O) groups excluding carboxylic acids is 1. The van der Waals surface area contributed by atoms with E-state index < -0.39 is 0 Å². The quantitative estimate of drug-likeness (QED) is 0.722. The molecular formula is C16H11Cl2N5O. The summed E-state index contributed by atoms with van der Waals surface area (Å²) in [6, 6.07) is 8.47. The van der Waals surface area contributed by atoms with Gasteiger partial charge in [-0.2, -0.15) is 5.10 Å². The van der Waals surface area contributed by atoms with Crippen LogP contribution in [0.5, 0.6) is 0 Å². The van der Waals surface area contributed by atoms with Gasteiger partial charge in [0.25, 0.3) is 0 Å². The van der Waals surface area contributed by atoms with E-state index in [0.29, 0.717) is 27.1 Å². The summed E-state index contributed by atoms with van der Waals surface area (Å²) in [6.45, 7) is 0. The molecule has 0 unspecified atom stereocenters. The molecule has 0 atom stereocenters. The molecular weight excluding hydrogens is 349 g/mol. The van der Waals surface area contributed by atoms with Crippen molar-refractivity contribution in [3.05, 3.63) is 70.9 Å². The third-order valence-corrected chi connectivity index (χ3v) is 3.63. The summed E-state index contributed by atoms with van der Waals surface area (Å²) >= 11 is 12.0. The highest BCUT2D eigenvalue weighted by molar-refractivity contribution is 6.34. The maximum Gasteiger partial charge on any atom is 0.248 e. The van der Waals surface area contributed by atoms with Crippen molar-refractivity contribution in [2.45, 2.75) is 0 Å². The number of carbonyl (C=O) groups is 1. The van der Waals surface area contributed by atoms with E-state index in [1.54, 1.807) is 42.6 Å². The SMILES string of the molecule is O=C(/C=C/c1cc(Cl)ccc1Cl)Nc1cccnc1-n1cncn1. The molecule has 120 valence electrons. The fraction of sp³-hybridized carbons (Fsp3) is 0. The zero-order valence-electron chi connectivity index (χ0n) is 12.2. The van der Waals surface area contributed by atoms with Crippen molar-refractivity contribution < 1.29 is 4.79 Å². The normalized spacial score (nSPS) is 10.9. The molecule has 0 aliphatic carbocycles. The summed E-state index contributed by atoms with van der Waals surface area (Å²) in [5, 5.41) is 7.81. The van der Waals surface area contributed by atoms with Crippen LogP contribution in [-0.2, 0) is 4.79 Å². The van der Waals surface area contributed by atoms with Crippen LogP contribution in [0.4, 0.5) is 5.69 Å². The van der Waals surface area contributed by atoms with Crippen LogP contribution >= 0.6 is 23.2 Å². The number of aromatic nitrogens is 4. The van der Waals surface area contributed by atoms with E-state index in [1.165, 1.54) is 23.4 Å². The number of hydrogen-bond donors (Lipinski definition) is 1. The number of anilines is 1. The smallest absolute Gasteiger partial charge is 0.248 e. The molecule has 2 heterocycles. The van der Waals surface area contributed by atoms with Crippen LogP contribution in [0.2, 0.25) is 10.0 Å². The summed E-state index contributed by atoms with van der Waals surface area (Å²) in [5.41, 5.74) is 1.16. The second kappa shape index (κ2) is 7.25. The molecule has 8 heteroatoms. The lowest BCUT2D eigenvalue weighted by atomic mass is 10.2. The molecule has 0 aliphatic heterocycles. The van der Waals surface area contributed by atoms with Crippen LogP contribution in [0.3, 0.4) is 0 Å². The van der Waals surface area contributed by atoms with E-state index in [-0.39, 0.29) is 5.91 Å². The summed E-state index contributed by atoms with van der Waals surface area (Å²) < 4.78 is 1.47. The minimum Gasteiger partial charge on any atom is -0.319 e. The van der Waals surface area contributed by atoms with E-state index in [1.807, 2.05) is 0 Å². The van der Waals surface area contributed by atoms with Crippen molar-refractivity contribution in [3.63, 3.8) is 0 Å². The van der Waals surface area contributed by atoms with Gasteiger partial charge in [-0.05, 0) is 42.0 Å². The van der Waals surface area contributed by atoms with Crippen LogP contribution in [0.15, 0.2) is 55.3 Å². The highest BCUT2D eigenvalue weighted by atomic mass is 35.5. The molecule has 0 radical (unpaired) electrons. The topological polar surface area (TPSA) is 72.7 Å². The Balaban J connectivity index is 1.79. The first-order valence-corrected chi connectivity index (χ1v) is 7.63. The van der Waals surface area contributed by atoms with Gasteiger partial charge in [0, 0.05) is 22.3 Å². The Bertz CT molecular complexity index is 893. The average molecular weight is 360 g/mol. The second-order valence-electron chi connectivity index (χ2n) is 4.70. The van der Waals surface area contributed by atoms with Crippen molar-refractivity contribution in [2.75, 3.05) is 5.32 Å². The molecule has 0 bridgehead atoms. The third-order valence-electron chi connectivity index (χ3n) is 3.05. The number of rotatable bonds is 4. The van der Waals surface area contributed by atoms with Crippen LogP contribution in [0.1, 0.15) is 5.56 Å². The Kier molecular flexibility index (Phi) is 4.88. The third kappa shape index (κ3) is 3.79. The summed E-state index contributed by atoms with van der Waals surface area (Å²) in [5.74, 6) is 0.137. The number of benzene rings is 1. The maximum absolute atomic E-state index is 12.2. The summed E-state index contributed by atoms with van der Waals surface area (Å²) in [7, 11) is 0. The predicted octanol–water partition coefficient (Wildman–Crippen LogP) is 3.62. The molecule has 3 rings (SSSR count). The van der Waals surface area contributed by atoms with Gasteiger partial charge in [-0.15, -0.1) is 0 Å². The number of nitrogens with zero attached hydrogens (tertiary/aromatic N) is 4. The van der Waals surface area contributed by atoms with Gasteiger partial charge in [-0.25, -0.2) is 14.6 Å². The molecule has 0 saturated carbocycles. The molecule has 1 aromatic carbocycles. The van der Waals surface area contributed by atoms with Gasteiger partial charge < -0.3 is 5.32 Å². The number of nitrogens with one attached hydrogen (secondary N) is 1. The van der Waals surface area contributed by atoms with Gasteiger partial charge in [-0.1, -0.05) is 23.2 Å². The number of pyridine rings is 1. The standard InChI is InChI=1S/C16H11Cl2N5O/c17-12-4-5-13(18)11(8-12)3-6-15(24)22-14-2-1-7-20-16(14)23-10-19-9-21-23/h1-10H,(H,22,24)/b6-3+. The van der Waals surface area contributed by atoms with Crippen LogP contribution in [-0.4, -0.2) is 25.7 Å². The molecule has 6 nitrogen and oxygen atoms in total. The maximum atomic E-state index is 12.2. The largest absolute Gasteiger partial charge is 0.319 e. The van der Waals surface area contributed by atoms with E-state index in [9.17, 15) is 4.79 Å². The van der Waals surface area contributed by atoms with E-state index in [2.05, 4.69) is 20.4 Å². The first-order chi connectivity index (χ1) is 11.6. The molecule has 1 amide bonds. The Hall–Kier alpha value is -2.70. The fourth-order valence-corrected chi connectivity index (χ4v) is 2.34. The lowest BCUT2D eigenvalue weighted by molar-refractivity contribution is -0.111. The van der Waals surface area contributed by atoms with Gasteiger partial charge >= 0.3 is 0 Å². The molecule has 24 heavy (non-hydrogen) atoms. The van der Waals surface area contributed by atoms with Gasteiger partial charge in [0.15, 0.2) is 5.82 Å². The Morgan fingerprint density at radius 3 is 2.92 bits per heavy atom. The fourth-order valence-electron chi connectivity index (χ4n) is 1.98. The zero-order chi connectivity index (χ0) is 16.9. The summed E-state index contributed by atoms with van der Waals surface area (Å²) in [6.07, 6.45) is 7.46. The van der Waals surface area contributed by atoms with E-state index >= 15 is 0 Å². The molecule has 0 aliphatic rings. The van der Waals surface area contributed by atoms with Gasteiger partial charge in [0.1, 0.15) is 12.7 Å². The molecule has 0 fully saturated rings. The van der Waals surface area contributed by atoms with E-state index in [0.717, 1.165) is 0 Å². The lowest BCUT2D eigenvalue weighted by Gasteiger charge is -2.07. The first kappa shape index (κ1) is 16.2. The molecule has 3 aromatic rings. The minimum atomic E-state index is -0.333. The van der Waals surface area contributed by atoms with Gasteiger partial charge in [-0.3, -0.25) is 4.79 Å². The summed E-state index contributed by atoms with van der Waals surface area (Å²) in [4.78, 5) is 20.2. The first-order valence-electron chi connectivity index (χ1n) is 6.87. The zero-order valence-corrected chi connectivity index (χ0v) is 13.7. The highest BCUT2D eigenvalue weighted by Crippen LogP contribution is 2.22. The number of amides is 1. The number of hydrogen-bond acceptors (Lipinski definition) is 4. The van der Waals surface area contributed by atoms with Crippen molar-refractivity contribution in [1.29, 1.82) is 0 Å². The second-order valence-corrected chi connectivity index (χ2v) is 5.55. The van der Waals surface area contributed by atoms with Crippen LogP contribution < -0.4 is 5.32 Å². The van der Waals surface area contributed by atoms with Crippen LogP contribution in [0, 0.1) is 0 Å². The molecule has 2 aromatic heterocycles. The minimum absolute atomic E-state index is 0.333. The van der Waals surface area contributed by atoms with Crippen molar-refractivity contribution >= 4 is 40.9 Å². The molecule has 1 N–H and O–H groups in total.